The van der Waals surface area contributed by atoms with E-state index in [0.717, 1.165) is 18.9 Å². The van der Waals surface area contributed by atoms with Crippen molar-refractivity contribution in [1.82, 2.24) is 5.32 Å². The van der Waals surface area contributed by atoms with Crippen LogP contribution in [-0.4, -0.2) is 17.7 Å². The van der Waals surface area contributed by atoms with Gasteiger partial charge in [0, 0.05) is 17.4 Å². The predicted molar refractivity (Wildman–Crippen MR) is 86.8 cm³/mol. The number of carbonyl (C=O) groups excluding carboxylic acids is 1. The lowest BCUT2D eigenvalue weighted by Crippen LogP contribution is -2.36. The fraction of sp³-hybridized carbons (Fsp3) is 0.588. The number of hydrogen-bond donors (Lipinski definition) is 1. The van der Waals surface area contributed by atoms with E-state index >= 15 is 0 Å². The minimum absolute atomic E-state index is 0.00705. The van der Waals surface area contributed by atoms with Crippen LogP contribution in [0.1, 0.15) is 50.5 Å². The van der Waals surface area contributed by atoms with Crippen molar-refractivity contribution >= 4 is 17.7 Å². The van der Waals surface area contributed by atoms with E-state index < -0.39 is 11.6 Å². The molecule has 22 heavy (non-hydrogen) atoms. The van der Waals surface area contributed by atoms with Crippen LogP contribution in [-0.2, 0) is 10.5 Å². The van der Waals surface area contributed by atoms with E-state index in [-0.39, 0.29) is 17.7 Å². The number of amides is 1. The third-order valence-electron chi connectivity index (χ3n) is 3.99. The molecule has 0 aromatic heterocycles. The summed E-state index contributed by atoms with van der Waals surface area (Å²) in [5.41, 5.74) is 0.309. The van der Waals surface area contributed by atoms with Crippen LogP contribution in [0.25, 0.3) is 0 Å². The van der Waals surface area contributed by atoms with Crippen molar-refractivity contribution in [2.75, 3.05) is 5.75 Å². The van der Waals surface area contributed by atoms with Crippen LogP contribution in [0.15, 0.2) is 18.2 Å². The van der Waals surface area contributed by atoms with Crippen molar-refractivity contribution in [2.24, 2.45) is 0 Å². The van der Waals surface area contributed by atoms with Crippen molar-refractivity contribution in [3.63, 3.8) is 0 Å². The monoisotopic (exact) mass is 327 g/mol. The van der Waals surface area contributed by atoms with Gasteiger partial charge in [-0.25, -0.2) is 8.78 Å². The molecule has 0 unspecified atom stereocenters. The van der Waals surface area contributed by atoms with Crippen LogP contribution >= 0.6 is 11.8 Å². The summed E-state index contributed by atoms with van der Waals surface area (Å²) in [6.45, 7) is 0. The Bertz CT molecular complexity index is 488. The van der Waals surface area contributed by atoms with Crippen LogP contribution in [0, 0.1) is 11.6 Å². The maximum absolute atomic E-state index is 13.5. The number of halogens is 2. The van der Waals surface area contributed by atoms with Crippen molar-refractivity contribution < 1.29 is 13.6 Å². The Labute approximate surface area is 135 Å². The second-order valence-corrected chi connectivity index (χ2v) is 6.80. The third-order valence-corrected chi connectivity index (χ3v) is 4.97. The second-order valence-electron chi connectivity index (χ2n) is 5.82. The molecule has 1 N–H and O–H groups in total. The second kappa shape index (κ2) is 9.13. The number of benzene rings is 1. The van der Waals surface area contributed by atoms with Crippen LogP contribution < -0.4 is 5.32 Å². The summed E-state index contributed by atoms with van der Waals surface area (Å²) in [4.78, 5) is 12.0. The van der Waals surface area contributed by atoms with Gasteiger partial charge in [-0.3, -0.25) is 4.79 Å². The highest BCUT2D eigenvalue weighted by Crippen LogP contribution is 2.19. The minimum atomic E-state index is -0.836. The van der Waals surface area contributed by atoms with E-state index in [1.807, 2.05) is 0 Å². The lowest BCUT2D eigenvalue weighted by atomic mass is 9.97. The first-order valence-corrected chi connectivity index (χ1v) is 9.12. The van der Waals surface area contributed by atoms with Gasteiger partial charge in [0.25, 0.3) is 0 Å². The molecule has 1 saturated carbocycles. The van der Waals surface area contributed by atoms with Gasteiger partial charge < -0.3 is 5.32 Å². The molecule has 1 aromatic rings. The molecule has 0 saturated heterocycles. The smallest absolute Gasteiger partial charge is 0.230 e. The first kappa shape index (κ1) is 17.3. The third kappa shape index (κ3) is 5.59. The summed E-state index contributed by atoms with van der Waals surface area (Å²) < 4.78 is 26.6. The van der Waals surface area contributed by atoms with Gasteiger partial charge in [-0.05, 0) is 18.9 Å². The molecule has 1 aliphatic carbocycles. The molecule has 0 radical (unpaired) electrons. The van der Waals surface area contributed by atoms with E-state index in [4.69, 9.17) is 0 Å². The Morgan fingerprint density at radius 2 is 1.82 bits per heavy atom. The van der Waals surface area contributed by atoms with E-state index in [0.29, 0.717) is 11.3 Å². The first-order chi connectivity index (χ1) is 10.7. The fourth-order valence-electron chi connectivity index (χ4n) is 2.78. The molecule has 1 aromatic carbocycles. The topological polar surface area (TPSA) is 29.1 Å². The van der Waals surface area contributed by atoms with Crippen LogP contribution in [0.5, 0.6) is 0 Å². The number of carbonyl (C=O) groups is 1. The van der Waals surface area contributed by atoms with Crippen molar-refractivity contribution in [3.05, 3.63) is 35.4 Å². The Kier molecular flexibility index (Phi) is 7.16. The Morgan fingerprint density at radius 3 is 2.55 bits per heavy atom. The molecular weight excluding hydrogens is 304 g/mol. The molecule has 0 heterocycles. The van der Waals surface area contributed by atoms with E-state index in [1.165, 1.54) is 49.9 Å². The molecule has 0 spiro atoms. The molecule has 1 aliphatic rings. The van der Waals surface area contributed by atoms with Gasteiger partial charge >= 0.3 is 0 Å². The molecule has 5 heteroatoms. The minimum Gasteiger partial charge on any atom is -0.353 e. The molecule has 122 valence electrons. The van der Waals surface area contributed by atoms with E-state index in [1.54, 1.807) is 6.07 Å². The van der Waals surface area contributed by atoms with Crippen molar-refractivity contribution in [1.29, 1.82) is 0 Å². The van der Waals surface area contributed by atoms with Gasteiger partial charge in [0.1, 0.15) is 0 Å². The fourth-order valence-corrected chi connectivity index (χ4v) is 3.60. The molecular formula is C17H23F2NOS. The van der Waals surface area contributed by atoms with Crippen LogP contribution in [0.3, 0.4) is 0 Å². The van der Waals surface area contributed by atoms with Gasteiger partial charge in [-0.15, -0.1) is 11.8 Å². The molecule has 2 rings (SSSR count). The first-order valence-electron chi connectivity index (χ1n) is 7.97. The standard InChI is InChI=1S/C17H23F2NOS/c18-15-10-6-7-13(17(15)19)11-22-12-16(21)20-14-8-4-2-1-3-5-9-14/h6-7,10,14H,1-5,8-9,11-12H2,(H,20,21). The number of nitrogens with one attached hydrogen (secondary N) is 1. The van der Waals surface area contributed by atoms with Gasteiger partial charge in [0.05, 0.1) is 5.75 Å². The van der Waals surface area contributed by atoms with E-state index in [2.05, 4.69) is 5.32 Å². The number of thioether (sulfide) groups is 1. The molecule has 1 fully saturated rings. The zero-order chi connectivity index (χ0) is 15.8. The molecule has 0 atom stereocenters. The lowest BCUT2D eigenvalue weighted by Gasteiger charge is -2.20. The Morgan fingerprint density at radius 1 is 1.14 bits per heavy atom. The normalized spacial score (nSPS) is 16.8. The summed E-state index contributed by atoms with van der Waals surface area (Å²) in [6, 6.07) is 4.42. The average molecular weight is 327 g/mol. The summed E-state index contributed by atoms with van der Waals surface area (Å²) in [6.07, 6.45) is 8.25. The molecule has 1 amide bonds. The van der Waals surface area contributed by atoms with Gasteiger partial charge in [-0.1, -0.05) is 44.2 Å². The molecule has 0 bridgehead atoms. The maximum atomic E-state index is 13.5. The van der Waals surface area contributed by atoms with Gasteiger partial charge in [-0.2, -0.15) is 0 Å². The quantitative estimate of drug-likeness (QED) is 0.867. The predicted octanol–water partition coefficient (Wildman–Crippen LogP) is 4.43. The molecule has 2 nitrogen and oxygen atoms in total. The van der Waals surface area contributed by atoms with Gasteiger partial charge in [0.15, 0.2) is 11.6 Å². The summed E-state index contributed by atoms with van der Waals surface area (Å²) in [7, 11) is 0. The maximum Gasteiger partial charge on any atom is 0.230 e. The Balaban J connectivity index is 1.72. The summed E-state index contributed by atoms with van der Waals surface area (Å²) >= 11 is 1.32. The SMILES string of the molecule is O=C(CSCc1cccc(F)c1F)NC1CCCCCCC1. The lowest BCUT2D eigenvalue weighted by molar-refractivity contribution is -0.119. The number of rotatable bonds is 5. The van der Waals surface area contributed by atoms with Crippen molar-refractivity contribution in [2.45, 2.75) is 56.7 Å². The average Bonchev–Trinajstić information content (AvgIpc) is 2.46. The Hall–Kier alpha value is -1.10. The highest BCUT2D eigenvalue weighted by molar-refractivity contribution is 7.99. The zero-order valence-corrected chi connectivity index (χ0v) is 13.6. The van der Waals surface area contributed by atoms with Crippen LogP contribution in [0.2, 0.25) is 0 Å². The van der Waals surface area contributed by atoms with E-state index in [9.17, 15) is 13.6 Å². The van der Waals surface area contributed by atoms with Crippen LogP contribution in [0.4, 0.5) is 8.78 Å². The molecule has 0 aliphatic heterocycles. The highest BCUT2D eigenvalue weighted by Gasteiger charge is 2.14. The van der Waals surface area contributed by atoms with Gasteiger partial charge in [0.2, 0.25) is 5.91 Å². The largest absolute Gasteiger partial charge is 0.353 e. The zero-order valence-electron chi connectivity index (χ0n) is 12.7. The highest BCUT2D eigenvalue weighted by atomic mass is 32.2. The summed E-state index contributed by atoms with van der Waals surface area (Å²) in [5.74, 6) is -1.06. The summed E-state index contributed by atoms with van der Waals surface area (Å²) in [5, 5.41) is 3.07. The van der Waals surface area contributed by atoms with Crippen molar-refractivity contribution in [3.8, 4) is 0 Å². The number of hydrogen-bond acceptors (Lipinski definition) is 2.